The second-order valence-electron chi connectivity index (χ2n) is 4.98. The zero-order valence-corrected chi connectivity index (χ0v) is 11.1. The van der Waals surface area contributed by atoms with Crippen LogP contribution in [0, 0.1) is 19.8 Å². The Hall–Kier alpha value is -1.36. The first-order chi connectivity index (χ1) is 8.61. The molecule has 5 nitrogen and oxygen atoms in total. The van der Waals surface area contributed by atoms with Crippen LogP contribution in [0.4, 0.5) is 0 Å². The second-order valence-corrected chi connectivity index (χ2v) is 4.98. The van der Waals surface area contributed by atoms with Crippen LogP contribution in [0.5, 0.6) is 0 Å². The van der Waals surface area contributed by atoms with Gasteiger partial charge in [-0.15, -0.1) is 0 Å². The minimum absolute atomic E-state index is 0.0326. The molecule has 100 valence electrons. The number of nitrogens with two attached hydrogens (primary N) is 1. The van der Waals surface area contributed by atoms with Crippen LogP contribution >= 0.6 is 0 Å². The molecule has 0 spiro atoms. The van der Waals surface area contributed by atoms with Gasteiger partial charge in [0.05, 0.1) is 5.69 Å². The molecule has 2 N–H and O–H groups in total. The number of piperidine rings is 1. The average molecular weight is 251 g/mol. The van der Waals surface area contributed by atoms with Gasteiger partial charge in [0.25, 0.3) is 5.91 Å². The number of carbonyl (C=O) groups is 1. The fourth-order valence-electron chi connectivity index (χ4n) is 2.59. The van der Waals surface area contributed by atoms with Crippen molar-refractivity contribution in [2.24, 2.45) is 11.7 Å². The summed E-state index contributed by atoms with van der Waals surface area (Å²) in [5, 5.41) is 0. The van der Waals surface area contributed by atoms with E-state index in [9.17, 15) is 4.79 Å². The van der Waals surface area contributed by atoms with Crippen molar-refractivity contribution < 1.29 is 9.21 Å². The van der Waals surface area contributed by atoms with Crippen LogP contribution < -0.4 is 5.73 Å². The number of nitrogens with zero attached hydrogens (tertiary/aromatic N) is 2. The summed E-state index contributed by atoms with van der Waals surface area (Å²) in [5.41, 5.74) is 6.27. The van der Waals surface area contributed by atoms with Gasteiger partial charge in [-0.05, 0) is 38.6 Å². The Kier molecular flexibility index (Phi) is 4.01. The topological polar surface area (TPSA) is 72.4 Å². The van der Waals surface area contributed by atoms with Crippen molar-refractivity contribution in [3.05, 3.63) is 17.3 Å². The van der Waals surface area contributed by atoms with E-state index < -0.39 is 0 Å². The van der Waals surface area contributed by atoms with E-state index in [1.807, 2.05) is 11.8 Å². The third kappa shape index (κ3) is 2.72. The Labute approximate surface area is 107 Å². The number of likely N-dealkylation sites (tertiary alicyclic amines) is 1. The molecule has 0 bridgehead atoms. The van der Waals surface area contributed by atoms with Gasteiger partial charge in [0.15, 0.2) is 5.89 Å². The lowest BCUT2D eigenvalue weighted by Crippen LogP contribution is -2.40. The monoisotopic (exact) mass is 251 g/mol. The van der Waals surface area contributed by atoms with Crippen molar-refractivity contribution in [3.63, 3.8) is 0 Å². The van der Waals surface area contributed by atoms with Gasteiger partial charge in [0, 0.05) is 20.0 Å². The average Bonchev–Trinajstić information content (AvgIpc) is 2.68. The van der Waals surface area contributed by atoms with Gasteiger partial charge in [-0.1, -0.05) is 0 Å². The summed E-state index contributed by atoms with van der Waals surface area (Å²) in [6.07, 6.45) is 3.19. The number of amides is 1. The van der Waals surface area contributed by atoms with E-state index in [1.165, 1.54) is 0 Å². The predicted octanol–water partition coefficient (Wildman–Crippen LogP) is 1.49. The highest BCUT2D eigenvalue weighted by molar-refractivity contribution is 5.92. The van der Waals surface area contributed by atoms with Crippen molar-refractivity contribution in [3.8, 4) is 0 Å². The van der Waals surface area contributed by atoms with Crippen molar-refractivity contribution in [2.45, 2.75) is 33.1 Å². The Morgan fingerprint density at radius 3 is 2.94 bits per heavy atom. The van der Waals surface area contributed by atoms with Crippen molar-refractivity contribution in [1.29, 1.82) is 0 Å². The fourth-order valence-corrected chi connectivity index (χ4v) is 2.59. The Morgan fingerprint density at radius 2 is 2.33 bits per heavy atom. The highest BCUT2D eigenvalue weighted by Gasteiger charge is 2.27. The van der Waals surface area contributed by atoms with Crippen molar-refractivity contribution in [1.82, 2.24) is 9.88 Å². The molecular weight excluding hydrogens is 230 g/mol. The second kappa shape index (κ2) is 5.52. The summed E-state index contributed by atoms with van der Waals surface area (Å²) in [5.74, 6) is 1.43. The van der Waals surface area contributed by atoms with Crippen LogP contribution in [-0.2, 0) is 0 Å². The summed E-state index contributed by atoms with van der Waals surface area (Å²) in [6, 6.07) is 0. The molecule has 1 aromatic rings. The first-order valence-electron chi connectivity index (χ1n) is 6.55. The smallest absolute Gasteiger partial charge is 0.291 e. The molecule has 18 heavy (non-hydrogen) atoms. The van der Waals surface area contributed by atoms with Gasteiger partial charge in [-0.3, -0.25) is 4.79 Å². The molecule has 1 aliphatic heterocycles. The third-order valence-electron chi connectivity index (χ3n) is 3.48. The van der Waals surface area contributed by atoms with Crippen molar-refractivity contribution in [2.75, 3.05) is 19.6 Å². The third-order valence-corrected chi connectivity index (χ3v) is 3.48. The number of rotatable bonds is 3. The van der Waals surface area contributed by atoms with Crippen LogP contribution in [0.25, 0.3) is 0 Å². The van der Waals surface area contributed by atoms with Crippen molar-refractivity contribution >= 4 is 5.91 Å². The summed E-state index contributed by atoms with van der Waals surface area (Å²) in [6.45, 7) is 5.85. The molecule has 0 aromatic carbocycles. The fraction of sp³-hybridized carbons (Fsp3) is 0.692. The molecule has 0 radical (unpaired) electrons. The first kappa shape index (κ1) is 13.1. The van der Waals surface area contributed by atoms with E-state index in [0.717, 1.165) is 32.4 Å². The summed E-state index contributed by atoms with van der Waals surface area (Å²) in [7, 11) is 0. The lowest BCUT2D eigenvalue weighted by Gasteiger charge is -2.32. The molecule has 1 saturated heterocycles. The van der Waals surface area contributed by atoms with E-state index >= 15 is 0 Å². The summed E-state index contributed by atoms with van der Waals surface area (Å²) < 4.78 is 5.40. The highest BCUT2D eigenvalue weighted by Crippen LogP contribution is 2.22. The molecular formula is C13H21N3O2. The summed E-state index contributed by atoms with van der Waals surface area (Å²) >= 11 is 0. The molecule has 0 aliphatic carbocycles. The number of aryl methyl sites for hydroxylation is 2. The molecule has 2 heterocycles. The molecule has 1 fully saturated rings. The SMILES string of the molecule is Cc1nc(C)c(C(=O)N2CCCC(CCN)C2)o1. The molecule has 2 rings (SSSR count). The number of hydrogen-bond acceptors (Lipinski definition) is 4. The first-order valence-corrected chi connectivity index (χ1v) is 6.55. The summed E-state index contributed by atoms with van der Waals surface area (Å²) in [4.78, 5) is 18.4. The maximum atomic E-state index is 12.3. The number of carbonyl (C=O) groups excluding carboxylic acids is 1. The minimum Gasteiger partial charge on any atom is -0.436 e. The van der Waals surface area contributed by atoms with E-state index in [2.05, 4.69) is 4.98 Å². The van der Waals surface area contributed by atoms with Crippen LogP contribution in [0.2, 0.25) is 0 Å². The van der Waals surface area contributed by atoms with Gasteiger partial charge >= 0.3 is 0 Å². The Balaban J connectivity index is 2.06. The normalized spacial score (nSPS) is 20.2. The molecule has 0 saturated carbocycles. The Bertz CT molecular complexity index is 426. The van der Waals surface area contributed by atoms with Gasteiger partial charge in [0.2, 0.25) is 5.76 Å². The van der Waals surface area contributed by atoms with Gasteiger partial charge in [-0.25, -0.2) is 4.98 Å². The lowest BCUT2D eigenvalue weighted by molar-refractivity contribution is 0.0635. The standard InChI is InChI=1S/C13H21N3O2/c1-9-12(18-10(2)15-9)13(17)16-7-3-4-11(8-16)5-6-14/h11H,3-8,14H2,1-2H3. The van der Waals surface area contributed by atoms with E-state index in [0.29, 0.717) is 29.8 Å². The molecule has 1 unspecified atom stereocenters. The van der Waals surface area contributed by atoms with Crippen LogP contribution in [0.3, 0.4) is 0 Å². The molecule has 1 atom stereocenters. The maximum Gasteiger partial charge on any atom is 0.291 e. The lowest BCUT2D eigenvalue weighted by atomic mass is 9.94. The highest BCUT2D eigenvalue weighted by atomic mass is 16.4. The largest absolute Gasteiger partial charge is 0.436 e. The van der Waals surface area contributed by atoms with E-state index in [-0.39, 0.29) is 5.91 Å². The van der Waals surface area contributed by atoms with Gasteiger partial charge in [0.1, 0.15) is 0 Å². The quantitative estimate of drug-likeness (QED) is 0.883. The molecule has 1 amide bonds. The maximum absolute atomic E-state index is 12.3. The van der Waals surface area contributed by atoms with Crippen LogP contribution in [0.1, 0.15) is 41.4 Å². The molecule has 1 aromatic heterocycles. The van der Waals surface area contributed by atoms with E-state index in [1.54, 1.807) is 6.92 Å². The van der Waals surface area contributed by atoms with E-state index in [4.69, 9.17) is 10.2 Å². The Morgan fingerprint density at radius 1 is 1.56 bits per heavy atom. The number of hydrogen-bond donors (Lipinski definition) is 1. The minimum atomic E-state index is -0.0326. The predicted molar refractivity (Wildman–Crippen MR) is 68.3 cm³/mol. The van der Waals surface area contributed by atoms with Crippen LogP contribution in [-0.4, -0.2) is 35.4 Å². The molecule has 1 aliphatic rings. The zero-order chi connectivity index (χ0) is 13.1. The van der Waals surface area contributed by atoms with Crippen LogP contribution in [0.15, 0.2) is 4.42 Å². The number of aromatic nitrogens is 1. The van der Waals surface area contributed by atoms with Gasteiger partial charge < -0.3 is 15.1 Å². The number of oxazole rings is 1. The van der Waals surface area contributed by atoms with Gasteiger partial charge in [-0.2, -0.15) is 0 Å². The zero-order valence-electron chi connectivity index (χ0n) is 11.1. The molecule has 5 heteroatoms.